The number of amides is 1. The highest BCUT2D eigenvalue weighted by Crippen LogP contribution is 2.22. The molecule has 0 bridgehead atoms. The molecular formula is C19H19FN6OS. The lowest BCUT2D eigenvalue weighted by Gasteiger charge is -2.34. The molecule has 9 heteroatoms. The fourth-order valence-corrected chi connectivity index (χ4v) is 3.71. The van der Waals surface area contributed by atoms with Crippen LogP contribution in [0.4, 0.5) is 21.2 Å². The van der Waals surface area contributed by atoms with Gasteiger partial charge in [0, 0.05) is 49.6 Å². The summed E-state index contributed by atoms with van der Waals surface area (Å²) < 4.78 is 13.0. The Morgan fingerprint density at radius 1 is 1.11 bits per heavy atom. The predicted molar refractivity (Wildman–Crippen MR) is 106 cm³/mol. The highest BCUT2D eigenvalue weighted by molar-refractivity contribution is 7.13. The standard InChI is InChI=1S/C19H19FN6OS/c20-14-2-4-15(5-3-14)23-19-24-16(13-28-19)12-17(27)25-8-10-26(11-9-25)18-21-6-1-7-22-18/h1-7,13H,8-12H2,(H,23,24). The summed E-state index contributed by atoms with van der Waals surface area (Å²) in [5.41, 5.74) is 1.49. The van der Waals surface area contributed by atoms with Crippen LogP contribution in [0.15, 0.2) is 48.1 Å². The number of nitrogens with zero attached hydrogens (tertiary/aromatic N) is 5. The van der Waals surface area contributed by atoms with E-state index >= 15 is 0 Å². The van der Waals surface area contributed by atoms with Gasteiger partial charge in [-0.1, -0.05) is 0 Å². The normalized spacial score (nSPS) is 14.2. The topological polar surface area (TPSA) is 74.2 Å². The lowest BCUT2D eigenvalue weighted by atomic mass is 10.2. The zero-order valence-electron chi connectivity index (χ0n) is 15.1. The minimum Gasteiger partial charge on any atom is -0.339 e. The van der Waals surface area contributed by atoms with E-state index in [1.807, 2.05) is 10.3 Å². The molecule has 1 fully saturated rings. The Balaban J connectivity index is 1.30. The SMILES string of the molecule is O=C(Cc1csc(Nc2ccc(F)cc2)n1)N1CCN(c2ncccn2)CC1. The van der Waals surface area contributed by atoms with E-state index in [1.54, 1.807) is 30.6 Å². The number of halogens is 1. The first-order chi connectivity index (χ1) is 13.7. The molecule has 0 atom stereocenters. The van der Waals surface area contributed by atoms with E-state index in [1.165, 1.54) is 23.5 Å². The van der Waals surface area contributed by atoms with Gasteiger partial charge in [0.05, 0.1) is 12.1 Å². The average molecular weight is 398 g/mol. The van der Waals surface area contributed by atoms with Crippen LogP contribution in [0.5, 0.6) is 0 Å². The van der Waals surface area contributed by atoms with Crippen molar-refractivity contribution < 1.29 is 9.18 Å². The molecule has 0 spiro atoms. The molecule has 4 rings (SSSR count). The van der Waals surface area contributed by atoms with Crippen molar-refractivity contribution in [2.75, 3.05) is 36.4 Å². The number of piperazine rings is 1. The molecule has 3 heterocycles. The molecule has 3 aromatic rings. The van der Waals surface area contributed by atoms with Crippen molar-refractivity contribution >= 4 is 34.0 Å². The second-order valence-electron chi connectivity index (χ2n) is 6.37. The lowest BCUT2D eigenvalue weighted by Crippen LogP contribution is -2.49. The van der Waals surface area contributed by atoms with E-state index < -0.39 is 0 Å². The third-order valence-electron chi connectivity index (χ3n) is 4.45. The number of benzene rings is 1. The first-order valence-electron chi connectivity index (χ1n) is 8.94. The molecular weight excluding hydrogens is 379 g/mol. The number of nitrogens with one attached hydrogen (secondary N) is 1. The molecule has 1 aliphatic heterocycles. The summed E-state index contributed by atoms with van der Waals surface area (Å²) in [4.78, 5) is 29.5. The van der Waals surface area contributed by atoms with Crippen LogP contribution < -0.4 is 10.2 Å². The fraction of sp³-hybridized carbons (Fsp3) is 0.263. The van der Waals surface area contributed by atoms with Gasteiger partial charge in [0.15, 0.2) is 5.13 Å². The largest absolute Gasteiger partial charge is 0.339 e. The maximum atomic E-state index is 13.0. The lowest BCUT2D eigenvalue weighted by molar-refractivity contribution is -0.130. The van der Waals surface area contributed by atoms with Crippen molar-refractivity contribution in [3.8, 4) is 0 Å². The molecule has 1 aliphatic rings. The van der Waals surface area contributed by atoms with E-state index in [-0.39, 0.29) is 18.1 Å². The predicted octanol–water partition coefficient (Wildman–Crippen LogP) is 2.71. The molecule has 1 amide bonds. The summed E-state index contributed by atoms with van der Waals surface area (Å²) in [7, 11) is 0. The average Bonchev–Trinajstić information content (AvgIpc) is 3.17. The number of hydrogen-bond acceptors (Lipinski definition) is 7. The number of hydrogen-bond donors (Lipinski definition) is 1. The fourth-order valence-electron chi connectivity index (χ4n) is 2.98. The maximum Gasteiger partial charge on any atom is 0.228 e. The quantitative estimate of drug-likeness (QED) is 0.712. The minimum absolute atomic E-state index is 0.0623. The number of anilines is 3. The highest BCUT2D eigenvalue weighted by atomic mass is 32.1. The first kappa shape index (κ1) is 18.3. The van der Waals surface area contributed by atoms with Crippen molar-refractivity contribution in [3.63, 3.8) is 0 Å². The Labute approximate surface area is 165 Å². The Morgan fingerprint density at radius 3 is 2.54 bits per heavy atom. The Morgan fingerprint density at radius 2 is 1.82 bits per heavy atom. The van der Waals surface area contributed by atoms with Crippen molar-refractivity contribution in [1.29, 1.82) is 0 Å². The number of carbonyl (C=O) groups is 1. The van der Waals surface area contributed by atoms with Gasteiger partial charge in [-0.2, -0.15) is 0 Å². The maximum absolute atomic E-state index is 13.0. The van der Waals surface area contributed by atoms with Gasteiger partial charge < -0.3 is 15.1 Å². The van der Waals surface area contributed by atoms with Crippen LogP contribution in [-0.2, 0) is 11.2 Å². The van der Waals surface area contributed by atoms with E-state index in [4.69, 9.17) is 0 Å². The van der Waals surface area contributed by atoms with E-state index in [0.29, 0.717) is 37.3 Å². The molecule has 1 N–H and O–H groups in total. The van der Waals surface area contributed by atoms with E-state index in [9.17, 15) is 9.18 Å². The number of rotatable bonds is 5. The number of aromatic nitrogens is 3. The molecule has 1 aromatic carbocycles. The third-order valence-corrected chi connectivity index (χ3v) is 5.25. The molecule has 2 aromatic heterocycles. The first-order valence-corrected chi connectivity index (χ1v) is 9.82. The van der Waals surface area contributed by atoms with Crippen LogP contribution in [0.1, 0.15) is 5.69 Å². The minimum atomic E-state index is -0.283. The van der Waals surface area contributed by atoms with Gasteiger partial charge in [0.2, 0.25) is 11.9 Å². The molecule has 0 radical (unpaired) electrons. The van der Waals surface area contributed by atoms with Gasteiger partial charge >= 0.3 is 0 Å². The van der Waals surface area contributed by atoms with Crippen molar-refractivity contribution in [1.82, 2.24) is 19.9 Å². The molecule has 7 nitrogen and oxygen atoms in total. The number of thiazole rings is 1. The van der Waals surface area contributed by atoms with E-state index in [2.05, 4.69) is 25.2 Å². The second-order valence-corrected chi connectivity index (χ2v) is 7.23. The Hall–Kier alpha value is -3.07. The molecule has 0 unspecified atom stereocenters. The summed E-state index contributed by atoms with van der Waals surface area (Å²) in [6.45, 7) is 2.71. The van der Waals surface area contributed by atoms with Gasteiger partial charge in [-0.3, -0.25) is 4.79 Å². The smallest absolute Gasteiger partial charge is 0.228 e. The summed E-state index contributed by atoms with van der Waals surface area (Å²) in [6, 6.07) is 7.87. The van der Waals surface area contributed by atoms with Gasteiger partial charge in [-0.15, -0.1) is 11.3 Å². The Bertz CT molecular complexity index is 925. The van der Waals surface area contributed by atoms with Crippen molar-refractivity contribution in [3.05, 3.63) is 59.6 Å². The van der Waals surface area contributed by atoms with E-state index in [0.717, 1.165) is 11.4 Å². The molecule has 0 saturated carbocycles. The molecule has 0 aliphatic carbocycles. The third kappa shape index (κ3) is 4.42. The van der Waals surface area contributed by atoms with Gasteiger partial charge in [0.1, 0.15) is 5.82 Å². The molecule has 1 saturated heterocycles. The van der Waals surface area contributed by atoms with Crippen LogP contribution in [0, 0.1) is 5.82 Å². The van der Waals surface area contributed by atoms with Crippen molar-refractivity contribution in [2.45, 2.75) is 6.42 Å². The van der Waals surface area contributed by atoms with Crippen LogP contribution in [0.3, 0.4) is 0 Å². The Kier molecular flexibility index (Phi) is 5.43. The summed E-state index contributed by atoms with van der Waals surface area (Å²) in [5.74, 6) is 0.479. The number of carbonyl (C=O) groups excluding carboxylic acids is 1. The van der Waals surface area contributed by atoms with Crippen LogP contribution in [0.2, 0.25) is 0 Å². The van der Waals surface area contributed by atoms with Gasteiger partial charge in [-0.05, 0) is 30.3 Å². The summed E-state index contributed by atoms with van der Waals surface area (Å²) >= 11 is 1.42. The van der Waals surface area contributed by atoms with Gasteiger partial charge in [-0.25, -0.2) is 19.3 Å². The highest BCUT2D eigenvalue weighted by Gasteiger charge is 2.23. The second kappa shape index (κ2) is 8.30. The zero-order chi connectivity index (χ0) is 19.3. The van der Waals surface area contributed by atoms with Gasteiger partial charge in [0.25, 0.3) is 0 Å². The van der Waals surface area contributed by atoms with Crippen LogP contribution in [0.25, 0.3) is 0 Å². The zero-order valence-corrected chi connectivity index (χ0v) is 15.9. The monoisotopic (exact) mass is 398 g/mol. The van der Waals surface area contributed by atoms with Crippen LogP contribution >= 0.6 is 11.3 Å². The summed E-state index contributed by atoms with van der Waals surface area (Å²) in [6.07, 6.45) is 3.71. The summed E-state index contributed by atoms with van der Waals surface area (Å²) in [5, 5.41) is 5.68. The van der Waals surface area contributed by atoms with Crippen LogP contribution in [-0.4, -0.2) is 51.9 Å². The molecule has 144 valence electrons. The van der Waals surface area contributed by atoms with Crippen molar-refractivity contribution in [2.24, 2.45) is 0 Å². The molecule has 28 heavy (non-hydrogen) atoms.